The van der Waals surface area contributed by atoms with E-state index >= 15 is 0 Å². The van der Waals surface area contributed by atoms with Crippen LogP contribution in [0.2, 0.25) is 0 Å². The molecular formula is C22H27FN4O2. The maximum absolute atomic E-state index is 12.9. The maximum Gasteiger partial charge on any atom is 0.309 e. The van der Waals surface area contributed by atoms with Gasteiger partial charge in [0.25, 0.3) is 0 Å². The number of nitrogens with zero attached hydrogens (tertiary/aromatic N) is 2. The summed E-state index contributed by atoms with van der Waals surface area (Å²) in [4.78, 5) is 28.5. The van der Waals surface area contributed by atoms with Gasteiger partial charge in [-0.15, -0.1) is 0 Å². The van der Waals surface area contributed by atoms with Crippen molar-refractivity contribution >= 4 is 17.5 Å². The highest BCUT2D eigenvalue weighted by atomic mass is 19.1. The summed E-state index contributed by atoms with van der Waals surface area (Å²) < 4.78 is 12.9. The lowest BCUT2D eigenvalue weighted by Crippen LogP contribution is -2.47. The SMILES string of the molecule is O=C(NCCCN1CCN(c2ccccc2)CC1)C(=O)NCc1ccc(F)cc1. The van der Waals surface area contributed by atoms with Gasteiger partial charge >= 0.3 is 11.8 Å². The molecule has 0 spiro atoms. The first-order chi connectivity index (χ1) is 14.1. The van der Waals surface area contributed by atoms with E-state index in [1.807, 2.05) is 6.07 Å². The Balaban J connectivity index is 1.28. The topological polar surface area (TPSA) is 64.7 Å². The fraction of sp³-hybridized carbons (Fsp3) is 0.364. The van der Waals surface area contributed by atoms with Gasteiger partial charge in [-0.3, -0.25) is 14.5 Å². The monoisotopic (exact) mass is 398 g/mol. The van der Waals surface area contributed by atoms with Gasteiger partial charge in [-0.25, -0.2) is 4.39 Å². The molecule has 7 heteroatoms. The Hall–Kier alpha value is -2.93. The van der Waals surface area contributed by atoms with E-state index in [0.29, 0.717) is 6.54 Å². The summed E-state index contributed by atoms with van der Waals surface area (Å²) >= 11 is 0. The predicted octanol–water partition coefficient (Wildman–Crippen LogP) is 1.77. The van der Waals surface area contributed by atoms with E-state index < -0.39 is 11.8 Å². The Labute approximate surface area is 170 Å². The highest BCUT2D eigenvalue weighted by Gasteiger charge is 2.17. The highest BCUT2D eigenvalue weighted by Crippen LogP contribution is 2.15. The Bertz CT molecular complexity index is 790. The summed E-state index contributed by atoms with van der Waals surface area (Å²) in [5.74, 6) is -1.65. The number of hydrogen-bond acceptors (Lipinski definition) is 4. The molecule has 0 aromatic heterocycles. The van der Waals surface area contributed by atoms with E-state index in [2.05, 4.69) is 44.7 Å². The smallest absolute Gasteiger partial charge is 0.309 e. The van der Waals surface area contributed by atoms with Crippen molar-refractivity contribution in [2.75, 3.05) is 44.2 Å². The highest BCUT2D eigenvalue weighted by molar-refractivity contribution is 6.35. The lowest BCUT2D eigenvalue weighted by Gasteiger charge is -2.36. The second-order valence-corrected chi connectivity index (χ2v) is 7.08. The molecule has 154 valence electrons. The van der Waals surface area contributed by atoms with E-state index in [-0.39, 0.29) is 12.4 Å². The summed E-state index contributed by atoms with van der Waals surface area (Å²) in [6.07, 6.45) is 0.794. The number of rotatable bonds is 7. The van der Waals surface area contributed by atoms with Gasteiger partial charge in [0.1, 0.15) is 5.82 Å². The van der Waals surface area contributed by atoms with Crippen LogP contribution in [0.1, 0.15) is 12.0 Å². The minimum Gasteiger partial charge on any atom is -0.369 e. The third kappa shape index (κ3) is 6.57. The minimum absolute atomic E-state index is 0.193. The molecule has 29 heavy (non-hydrogen) atoms. The van der Waals surface area contributed by atoms with Crippen molar-refractivity contribution in [1.29, 1.82) is 0 Å². The first-order valence-electron chi connectivity index (χ1n) is 9.94. The summed E-state index contributed by atoms with van der Waals surface area (Å²) in [6.45, 7) is 5.49. The number of nitrogens with one attached hydrogen (secondary N) is 2. The van der Waals surface area contributed by atoms with Gasteiger partial charge in [-0.1, -0.05) is 30.3 Å². The van der Waals surface area contributed by atoms with Crippen molar-refractivity contribution in [2.45, 2.75) is 13.0 Å². The number of anilines is 1. The quantitative estimate of drug-likeness (QED) is 0.551. The number of carbonyl (C=O) groups excluding carboxylic acids is 2. The van der Waals surface area contributed by atoms with Crippen LogP contribution in [0.15, 0.2) is 54.6 Å². The van der Waals surface area contributed by atoms with Crippen molar-refractivity contribution in [3.8, 4) is 0 Å². The molecule has 2 aromatic carbocycles. The van der Waals surface area contributed by atoms with E-state index in [0.717, 1.165) is 44.7 Å². The van der Waals surface area contributed by atoms with Gasteiger partial charge in [0.2, 0.25) is 0 Å². The molecule has 1 heterocycles. The largest absolute Gasteiger partial charge is 0.369 e. The van der Waals surface area contributed by atoms with Crippen LogP contribution in [0.5, 0.6) is 0 Å². The standard InChI is InChI=1S/C22H27FN4O2/c23-19-9-7-18(8-10-19)17-25-22(29)21(28)24-11-4-12-26-13-15-27(16-14-26)20-5-2-1-3-6-20/h1-3,5-10H,4,11-17H2,(H,24,28)(H,25,29). The normalized spacial score (nSPS) is 14.4. The second kappa shape index (κ2) is 10.6. The number of piperazine rings is 1. The van der Waals surface area contributed by atoms with Crippen LogP contribution < -0.4 is 15.5 Å². The Morgan fingerprint density at radius 1 is 0.862 bits per heavy atom. The molecule has 2 amide bonds. The van der Waals surface area contributed by atoms with Gasteiger partial charge in [-0.05, 0) is 42.8 Å². The zero-order valence-corrected chi connectivity index (χ0v) is 16.4. The number of para-hydroxylation sites is 1. The molecule has 1 aliphatic rings. The van der Waals surface area contributed by atoms with Crippen LogP contribution in [0.3, 0.4) is 0 Å². The molecular weight excluding hydrogens is 371 g/mol. The number of carbonyl (C=O) groups is 2. The van der Waals surface area contributed by atoms with Gasteiger partial charge in [-0.2, -0.15) is 0 Å². The summed E-state index contributed by atoms with van der Waals surface area (Å²) in [6, 6.07) is 16.2. The first kappa shape index (κ1) is 20.8. The summed E-state index contributed by atoms with van der Waals surface area (Å²) in [5, 5.41) is 5.19. The fourth-order valence-corrected chi connectivity index (χ4v) is 3.32. The molecule has 0 aliphatic carbocycles. The zero-order chi connectivity index (χ0) is 20.5. The number of amides is 2. The molecule has 0 saturated carbocycles. The Kier molecular flexibility index (Phi) is 7.58. The average Bonchev–Trinajstić information content (AvgIpc) is 2.77. The van der Waals surface area contributed by atoms with Gasteiger partial charge in [0, 0.05) is 45.0 Å². The first-order valence-corrected chi connectivity index (χ1v) is 9.94. The zero-order valence-electron chi connectivity index (χ0n) is 16.4. The molecule has 0 radical (unpaired) electrons. The summed E-state index contributed by atoms with van der Waals surface area (Å²) in [5.41, 5.74) is 1.99. The van der Waals surface area contributed by atoms with E-state index in [4.69, 9.17) is 0 Å². The third-order valence-electron chi connectivity index (χ3n) is 5.00. The van der Waals surface area contributed by atoms with Crippen LogP contribution >= 0.6 is 0 Å². The molecule has 3 rings (SSSR count). The molecule has 1 fully saturated rings. The second-order valence-electron chi connectivity index (χ2n) is 7.08. The lowest BCUT2D eigenvalue weighted by atomic mass is 10.2. The predicted molar refractivity (Wildman–Crippen MR) is 111 cm³/mol. The van der Waals surface area contributed by atoms with E-state index in [9.17, 15) is 14.0 Å². The molecule has 0 atom stereocenters. The van der Waals surface area contributed by atoms with Crippen molar-refractivity contribution in [3.05, 3.63) is 66.0 Å². The summed E-state index contributed by atoms with van der Waals surface area (Å²) in [7, 11) is 0. The van der Waals surface area contributed by atoms with Gasteiger partial charge in [0.15, 0.2) is 0 Å². The van der Waals surface area contributed by atoms with E-state index in [1.54, 1.807) is 12.1 Å². The molecule has 0 unspecified atom stereocenters. The van der Waals surface area contributed by atoms with Crippen molar-refractivity contribution in [3.63, 3.8) is 0 Å². The van der Waals surface area contributed by atoms with Crippen molar-refractivity contribution < 1.29 is 14.0 Å². The Morgan fingerprint density at radius 3 is 2.21 bits per heavy atom. The van der Waals surface area contributed by atoms with Gasteiger partial charge in [0.05, 0.1) is 0 Å². The molecule has 2 aromatic rings. The number of halogens is 1. The van der Waals surface area contributed by atoms with Crippen LogP contribution in [0.25, 0.3) is 0 Å². The van der Waals surface area contributed by atoms with E-state index in [1.165, 1.54) is 17.8 Å². The van der Waals surface area contributed by atoms with Gasteiger partial charge < -0.3 is 15.5 Å². The Morgan fingerprint density at radius 2 is 1.52 bits per heavy atom. The van der Waals surface area contributed by atoms with Crippen LogP contribution in [0, 0.1) is 5.82 Å². The molecule has 2 N–H and O–H groups in total. The number of hydrogen-bond donors (Lipinski definition) is 2. The van der Waals surface area contributed by atoms with Crippen LogP contribution in [-0.4, -0.2) is 56.0 Å². The lowest BCUT2D eigenvalue weighted by molar-refractivity contribution is -0.139. The molecule has 6 nitrogen and oxygen atoms in total. The third-order valence-corrected chi connectivity index (χ3v) is 5.00. The molecule has 0 bridgehead atoms. The van der Waals surface area contributed by atoms with Crippen molar-refractivity contribution in [2.24, 2.45) is 0 Å². The van der Waals surface area contributed by atoms with Crippen LogP contribution in [0.4, 0.5) is 10.1 Å². The minimum atomic E-state index is -0.675. The fourth-order valence-electron chi connectivity index (χ4n) is 3.32. The molecule has 1 aliphatic heterocycles. The van der Waals surface area contributed by atoms with Crippen molar-refractivity contribution in [1.82, 2.24) is 15.5 Å². The average molecular weight is 398 g/mol. The maximum atomic E-state index is 12.9. The van der Waals surface area contributed by atoms with Crippen LogP contribution in [-0.2, 0) is 16.1 Å². The number of benzene rings is 2. The molecule has 1 saturated heterocycles.